The number of ether oxygens (including phenoxy) is 1. The Morgan fingerprint density at radius 1 is 0.980 bits per heavy atom. The molecule has 0 unspecified atom stereocenters. The molecule has 3 aromatic carbocycles. The number of fused-ring (bicyclic) bond motifs is 1. The number of nitrogens with zero attached hydrogens (tertiary/aromatic N) is 2. The van der Waals surface area contributed by atoms with Crippen molar-refractivity contribution >= 4 is 34.3 Å². The smallest absolute Gasteiger partial charge is 0.287 e. The molecule has 0 aliphatic heterocycles. The van der Waals surface area contributed by atoms with Crippen molar-refractivity contribution in [1.82, 2.24) is 25.4 Å². The summed E-state index contributed by atoms with van der Waals surface area (Å²) >= 11 is 6.36. The van der Waals surface area contributed by atoms with Crippen LogP contribution in [0.15, 0.2) is 77.2 Å². The molecule has 0 aliphatic carbocycles. The van der Waals surface area contributed by atoms with Crippen molar-refractivity contribution in [3.63, 3.8) is 0 Å². The molecule has 9 nitrogen and oxygen atoms in total. The summed E-state index contributed by atoms with van der Waals surface area (Å²) in [5.74, 6) is 0.881. The molecule has 6 aromatic rings. The van der Waals surface area contributed by atoms with Gasteiger partial charge in [-0.05, 0) is 100 Å². The SMILES string of the molecule is Cc1cc(OCCCc2c(C(=O)NCc3ccc(C(=O)N[C@H](C)Cc4ccccc4)o3)[nH]c3c(-c4c(C)nn(C)c4C)cccc23)cc(C)c1Cl. The molecule has 264 valence electrons. The third-order valence-electron chi connectivity index (χ3n) is 9.27. The highest BCUT2D eigenvalue weighted by Gasteiger charge is 2.23. The summed E-state index contributed by atoms with van der Waals surface area (Å²) in [5, 5.41) is 12.4. The summed E-state index contributed by atoms with van der Waals surface area (Å²) in [6.07, 6.45) is 1.99. The predicted octanol–water partition coefficient (Wildman–Crippen LogP) is 8.35. The largest absolute Gasteiger partial charge is 0.494 e. The van der Waals surface area contributed by atoms with Crippen LogP contribution in [0.4, 0.5) is 0 Å². The summed E-state index contributed by atoms with van der Waals surface area (Å²) in [5.41, 5.74) is 9.33. The molecule has 6 rings (SSSR count). The number of amides is 2. The first kappa shape index (κ1) is 35.5. The van der Waals surface area contributed by atoms with Crippen molar-refractivity contribution in [2.45, 2.75) is 66.5 Å². The molecule has 3 N–H and O–H groups in total. The highest BCUT2D eigenvalue weighted by Crippen LogP contribution is 2.36. The molecular formula is C41H44ClN5O4. The van der Waals surface area contributed by atoms with Gasteiger partial charge in [-0.1, -0.05) is 60.1 Å². The van der Waals surface area contributed by atoms with E-state index >= 15 is 0 Å². The van der Waals surface area contributed by atoms with Crippen molar-refractivity contribution in [1.29, 1.82) is 0 Å². The number of para-hydroxylation sites is 1. The Bertz CT molecular complexity index is 2170. The number of hydrogen-bond donors (Lipinski definition) is 3. The number of aryl methyl sites for hydroxylation is 5. The molecule has 10 heteroatoms. The van der Waals surface area contributed by atoms with Crippen LogP contribution in [-0.2, 0) is 26.4 Å². The van der Waals surface area contributed by atoms with Gasteiger partial charge in [0.05, 0.1) is 24.4 Å². The van der Waals surface area contributed by atoms with Crippen molar-refractivity contribution in [3.8, 4) is 16.9 Å². The van der Waals surface area contributed by atoms with Gasteiger partial charge in [-0.15, -0.1) is 0 Å². The van der Waals surface area contributed by atoms with E-state index in [0.717, 1.165) is 66.4 Å². The first-order chi connectivity index (χ1) is 24.5. The first-order valence-electron chi connectivity index (χ1n) is 17.3. The molecule has 0 spiro atoms. The minimum Gasteiger partial charge on any atom is -0.494 e. The number of nitrogens with one attached hydrogen (secondary N) is 3. The summed E-state index contributed by atoms with van der Waals surface area (Å²) < 4.78 is 13.8. The third-order valence-corrected chi connectivity index (χ3v) is 9.86. The zero-order chi connectivity index (χ0) is 36.2. The summed E-state index contributed by atoms with van der Waals surface area (Å²) in [4.78, 5) is 30.3. The average molecular weight is 706 g/mol. The number of benzene rings is 3. The summed E-state index contributed by atoms with van der Waals surface area (Å²) in [6.45, 7) is 10.5. The van der Waals surface area contributed by atoms with E-state index in [-0.39, 0.29) is 30.2 Å². The molecule has 0 bridgehead atoms. The molecule has 0 radical (unpaired) electrons. The second-order valence-corrected chi connectivity index (χ2v) is 13.6. The Balaban J connectivity index is 1.19. The first-order valence-corrected chi connectivity index (χ1v) is 17.6. The van der Waals surface area contributed by atoms with Gasteiger partial charge in [0.2, 0.25) is 0 Å². The highest BCUT2D eigenvalue weighted by atomic mass is 35.5. The Morgan fingerprint density at radius 3 is 2.43 bits per heavy atom. The Morgan fingerprint density at radius 2 is 1.73 bits per heavy atom. The van der Waals surface area contributed by atoms with Crippen LogP contribution in [0.2, 0.25) is 5.02 Å². The number of hydrogen-bond acceptors (Lipinski definition) is 5. The Kier molecular flexibility index (Phi) is 10.7. The number of H-pyrrole nitrogens is 1. The van der Waals surface area contributed by atoms with Crippen LogP contribution in [0, 0.1) is 27.7 Å². The Hall–Kier alpha value is -5.28. The predicted molar refractivity (Wildman–Crippen MR) is 202 cm³/mol. The highest BCUT2D eigenvalue weighted by molar-refractivity contribution is 6.32. The van der Waals surface area contributed by atoms with Crippen LogP contribution in [0.25, 0.3) is 22.0 Å². The van der Waals surface area contributed by atoms with Gasteiger partial charge in [0, 0.05) is 40.3 Å². The standard InChI is InChI=1S/C41H44ClN5O4/c1-24-20-31(21-25(2)37(24)42)50-19-11-16-33-32-14-10-15-34(36-27(4)46-47(6)28(36)5)38(32)45-39(33)41(49)43-23-30-17-18-35(51-30)40(48)44-26(3)22-29-12-8-7-9-13-29/h7-10,12-15,17-18,20-21,26,45H,11,16,19,22-23H2,1-6H3,(H,43,49)(H,44,48)/t26-/m1/s1. The number of halogens is 1. The minimum absolute atomic E-state index is 0.0810. The lowest BCUT2D eigenvalue weighted by Gasteiger charge is -2.13. The molecule has 3 heterocycles. The van der Waals surface area contributed by atoms with E-state index in [1.54, 1.807) is 12.1 Å². The fraction of sp³-hybridized carbons (Fsp3) is 0.293. The number of rotatable bonds is 13. The molecule has 2 amide bonds. The van der Waals surface area contributed by atoms with E-state index in [9.17, 15) is 9.59 Å². The second-order valence-electron chi connectivity index (χ2n) is 13.2. The van der Waals surface area contributed by atoms with Gasteiger partial charge >= 0.3 is 0 Å². The maximum absolute atomic E-state index is 13.9. The topological polar surface area (TPSA) is 114 Å². The zero-order valence-electron chi connectivity index (χ0n) is 29.9. The molecule has 1 atom stereocenters. The van der Waals surface area contributed by atoms with Crippen LogP contribution >= 0.6 is 11.6 Å². The van der Waals surface area contributed by atoms with Crippen LogP contribution in [0.1, 0.15) is 73.8 Å². The van der Waals surface area contributed by atoms with E-state index in [2.05, 4.69) is 26.8 Å². The lowest BCUT2D eigenvalue weighted by molar-refractivity contribution is 0.0910. The maximum atomic E-state index is 13.9. The number of aromatic nitrogens is 3. The van der Waals surface area contributed by atoms with E-state index in [0.29, 0.717) is 37.3 Å². The maximum Gasteiger partial charge on any atom is 0.287 e. The quantitative estimate of drug-likeness (QED) is 0.105. The van der Waals surface area contributed by atoms with Gasteiger partial charge in [-0.3, -0.25) is 14.3 Å². The van der Waals surface area contributed by atoms with E-state index in [1.165, 1.54) is 0 Å². The van der Waals surface area contributed by atoms with Crippen molar-refractivity contribution < 1.29 is 18.7 Å². The van der Waals surface area contributed by atoms with Crippen LogP contribution < -0.4 is 15.4 Å². The van der Waals surface area contributed by atoms with Crippen LogP contribution in [0.5, 0.6) is 5.75 Å². The summed E-state index contributed by atoms with van der Waals surface area (Å²) in [7, 11) is 1.93. The normalized spacial score (nSPS) is 11.9. The van der Waals surface area contributed by atoms with Crippen molar-refractivity contribution in [2.24, 2.45) is 7.05 Å². The molecular weight excluding hydrogens is 662 g/mol. The molecule has 0 fully saturated rings. The van der Waals surface area contributed by atoms with Gasteiger partial charge in [0.15, 0.2) is 5.76 Å². The fourth-order valence-corrected chi connectivity index (χ4v) is 6.80. The van der Waals surface area contributed by atoms with E-state index in [1.807, 2.05) is 101 Å². The minimum atomic E-state index is -0.298. The van der Waals surface area contributed by atoms with Gasteiger partial charge in [0.1, 0.15) is 17.2 Å². The third kappa shape index (κ3) is 7.89. The molecule has 0 saturated carbocycles. The Labute approximate surface area is 303 Å². The lowest BCUT2D eigenvalue weighted by atomic mass is 9.98. The lowest BCUT2D eigenvalue weighted by Crippen LogP contribution is -2.33. The number of carbonyl (C=O) groups excluding carboxylic acids is 2. The number of aromatic amines is 1. The summed E-state index contributed by atoms with van der Waals surface area (Å²) in [6, 6.07) is 23.3. The monoisotopic (exact) mass is 705 g/mol. The van der Waals surface area contributed by atoms with Gasteiger partial charge in [0.25, 0.3) is 11.8 Å². The fourth-order valence-electron chi connectivity index (χ4n) is 6.69. The second kappa shape index (κ2) is 15.3. The van der Waals surface area contributed by atoms with Crippen molar-refractivity contribution in [2.75, 3.05) is 6.61 Å². The average Bonchev–Trinajstić information content (AvgIpc) is 3.80. The van der Waals surface area contributed by atoms with Gasteiger partial charge in [-0.25, -0.2) is 0 Å². The molecule has 0 aliphatic rings. The molecule has 3 aromatic heterocycles. The van der Waals surface area contributed by atoms with E-state index < -0.39 is 0 Å². The van der Waals surface area contributed by atoms with Crippen LogP contribution in [0.3, 0.4) is 0 Å². The van der Waals surface area contributed by atoms with Gasteiger partial charge < -0.3 is 24.8 Å². The molecule has 0 saturated heterocycles. The number of furan rings is 1. The van der Waals surface area contributed by atoms with Gasteiger partial charge in [-0.2, -0.15) is 5.10 Å². The van der Waals surface area contributed by atoms with Crippen molar-refractivity contribution in [3.05, 3.63) is 129 Å². The van der Waals surface area contributed by atoms with Crippen LogP contribution in [-0.4, -0.2) is 39.2 Å². The molecule has 51 heavy (non-hydrogen) atoms. The zero-order valence-corrected chi connectivity index (χ0v) is 30.7. The van der Waals surface area contributed by atoms with E-state index in [4.69, 9.17) is 20.8 Å². The number of carbonyl (C=O) groups is 2.